The Hall–Kier alpha value is -2.27. The maximum atomic E-state index is 11.3. The molecule has 0 saturated heterocycles. The summed E-state index contributed by atoms with van der Waals surface area (Å²) in [6.45, 7) is 1.35. The number of methoxy groups -OCH3 is 2. The Labute approximate surface area is 123 Å². The molecule has 2 aromatic rings. The monoisotopic (exact) mass is 289 g/mol. The number of hydrogen-bond acceptors (Lipinski definition) is 5. The van der Waals surface area contributed by atoms with Gasteiger partial charge in [-0.2, -0.15) is 0 Å². The first-order valence-electron chi connectivity index (χ1n) is 6.74. The van der Waals surface area contributed by atoms with Crippen LogP contribution in [0, 0.1) is 0 Å². The van der Waals surface area contributed by atoms with E-state index >= 15 is 0 Å². The van der Waals surface area contributed by atoms with Gasteiger partial charge in [-0.25, -0.2) is 4.79 Å². The van der Waals surface area contributed by atoms with Crippen LogP contribution in [0.25, 0.3) is 0 Å². The van der Waals surface area contributed by atoms with Crippen LogP contribution in [0.15, 0.2) is 40.8 Å². The standard InChI is InChI=1S/C16H19NO4/c1-19-14-6-4-3-5-12(14)9-10-17-11-13-7-8-15(21-13)16(18)20-2/h3-8,17H,9-11H2,1-2H3. The third-order valence-corrected chi connectivity index (χ3v) is 3.11. The van der Waals surface area contributed by atoms with Crippen molar-refractivity contribution in [2.45, 2.75) is 13.0 Å². The van der Waals surface area contributed by atoms with Gasteiger partial charge in [0.15, 0.2) is 0 Å². The van der Waals surface area contributed by atoms with Crippen LogP contribution in [0.5, 0.6) is 5.75 Å². The summed E-state index contributed by atoms with van der Waals surface area (Å²) in [6.07, 6.45) is 0.856. The van der Waals surface area contributed by atoms with E-state index in [1.54, 1.807) is 19.2 Å². The van der Waals surface area contributed by atoms with Crippen molar-refractivity contribution in [1.29, 1.82) is 0 Å². The average Bonchev–Trinajstić information content (AvgIpc) is 3.00. The molecular weight excluding hydrogens is 270 g/mol. The first-order chi connectivity index (χ1) is 10.2. The lowest BCUT2D eigenvalue weighted by Gasteiger charge is -2.08. The lowest BCUT2D eigenvalue weighted by Crippen LogP contribution is -2.16. The van der Waals surface area contributed by atoms with Gasteiger partial charge in [0, 0.05) is 0 Å². The molecule has 2 rings (SSSR count). The van der Waals surface area contributed by atoms with Crippen molar-refractivity contribution in [3.63, 3.8) is 0 Å². The van der Waals surface area contributed by atoms with Gasteiger partial charge in [-0.15, -0.1) is 0 Å². The molecule has 1 heterocycles. The minimum Gasteiger partial charge on any atom is -0.496 e. The number of benzene rings is 1. The highest BCUT2D eigenvalue weighted by Crippen LogP contribution is 2.17. The highest BCUT2D eigenvalue weighted by atomic mass is 16.5. The molecule has 0 amide bonds. The number of ether oxygens (including phenoxy) is 2. The lowest BCUT2D eigenvalue weighted by atomic mass is 10.1. The number of furan rings is 1. The second kappa shape index (κ2) is 7.50. The number of rotatable bonds is 7. The fourth-order valence-electron chi connectivity index (χ4n) is 2.03. The highest BCUT2D eigenvalue weighted by molar-refractivity contribution is 5.86. The molecule has 0 fully saturated rings. The molecule has 0 radical (unpaired) electrons. The molecule has 0 aliphatic rings. The van der Waals surface area contributed by atoms with E-state index in [9.17, 15) is 4.79 Å². The summed E-state index contributed by atoms with van der Waals surface area (Å²) in [5.74, 6) is 1.36. The summed E-state index contributed by atoms with van der Waals surface area (Å²) in [4.78, 5) is 11.3. The Kier molecular flexibility index (Phi) is 5.40. The Morgan fingerprint density at radius 1 is 1.19 bits per heavy atom. The van der Waals surface area contributed by atoms with Crippen LogP contribution in [0.1, 0.15) is 21.9 Å². The number of hydrogen-bond donors (Lipinski definition) is 1. The minimum absolute atomic E-state index is 0.221. The zero-order valence-corrected chi connectivity index (χ0v) is 12.2. The highest BCUT2D eigenvalue weighted by Gasteiger charge is 2.10. The average molecular weight is 289 g/mol. The van der Waals surface area contributed by atoms with Crippen LogP contribution >= 0.6 is 0 Å². The van der Waals surface area contributed by atoms with Crippen molar-refractivity contribution in [1.82, 2.24) is 5.32 Å². The molecule has 0 atom stereocenters. The maximum absolute atomic E-state index is 11.3. The fourth-order valence-corrected chi connectivity index (χ4v) is 2.03. The van der Waals surface area contributed by atoms with E-state index in [1.807, 2.05) is 24.3 Å². The topological polar surface area (TPSA) is 60.7 Å². The van der Waals surface area contributed by atoms with E-state index in [1.165, 1.54) is 7.11 Å². The molecule has 1 aromatic heterocycles. The SMILES string of the molecule is COC(=O)c1ccc(CNCCc2ccccc2OC)o1. The van der Waals surface area contributed by atoms with Crippen molar-refractivity contribution < 1.29 is 18.7 Å². The van der Waals surface area contributed by atoms with Crippen molar-refractivity contribution in [3.8, 4) is 5.75 Å². The van der Waals surface area contributed by atoms with Crippen LogP contribution in [0.2, 0.25) is 0 Å². The summed E-state index contributed by atoms with van der Waals surface area (Å²) in [7, 11) is 3.00. The second-order valence-electron chi connectivity index (χ2n) is 4.50. The summed E-state index contributed by atoms with van der Waals surface area (Å²) in [5, 5.41) is 3.27. The van der Waals surface area contributed by atoms with Gasteiger partial charge >= 0.3 is 5.97 Å². The van der Waals surface area contributed by atoms with Gasteiger partial charge in [-0.05, 0) is 36.7 Å². The Balaban J connectivity index is 1.79. The van der Waals surface area contributed by atoms with Crippen LogP contribution in [0.4, 0.5) is 0 Å². The van der Waals surface area contributed by atoms with Gasteiger partial charge in [0.2, 0.25) is 5.76 Å². The summed E-state index contributed by atoms with van der Waals surface area (Å²) in [6, 6.07) is 11.3. The maximum Gasteiger partial charge on any atom is 0.373 e. The summed E-state index contributed by atoms with van der Waals surface area (Å²) in [5.41, 5.74) is 1.15. The molecule has 5 heteroatoms. The van der Waals surface area contributed by atoms with Crippen molar-refractivity contribution in [2.24, 2.45) is 0 Å². The van der Waals surface area contributed by atoms with E-state index in [-0.39, 0.29) is 5.76 Å². The normalized spacial score (nSPS) is 10.4. The van der Waals surface area contributed by atoms with E-state index < -0.39 is 5.97 Å². The Morgan fingerprint density at radius 2 is 2.00 bits per heavy atom. The third-order valence-electron chi connectivity index (χ3n) is 3.11. The minimum atomic E-state index is -0.463. The number of para-hydroxylation sites is 1. The first-order valence-corrected chi connectivity index (χ1v) is 6.74. The number of carbonyl (C=O) groups is 1. The van der Waals surface area contributed by atoms with E-state index in [4.69, 9.17) is 9.15 Å². The van der Waals surface area contributed by atoms with Crippen molar-refractivity contribution >= 4 is 5.97 Å². The van der Waals surface area contributed by atoms with Crippen molar-refractivity contribution in [2.75, 3.05) is 20.8 Å². The molecule has 0 bridgehead atoms. The largest absolute Gasteiger partial charge is 0.496 e. The smallest absolute Gasteiger partial charge is 0.373 e. The van der Waals surface area contributed by atoms with Gasteiger partial charge in [0.25, 0.3) is 0 Å². The first kappa shape index (κ1) is 15.1. The van der Waals surface area contributed by atoms with Crippen LogP contribution < -0.4 is 10.1 Å². The molecule has 1 aromatic carbocycles. The van der Waals surface area contributed by atoms with Crippen molar-refractivity contribution in [3.05, 3.63) is 53.5 Å². The quantitative estimate of drug-likeness (QED) is 0.626. The summed E-state index contributed by atoms with van der Waals surface area (Å²) >= 11 is 0. The van der Waals surface area contributed by atoms with Gasteiger partial charge in [-0.3, -0.25) is 0 Å². The van der Waals surface area contributed by atoms with Gasteiger partial charge in [0.05, 0.1) is 20.8 Å². The number of nitrogens with one attached hydrogen (secondary N) is 1. The van der Waals surface area contributed by atoms with E-state index in [2.05, 4.69) is 10.1 Å². The second-order valence-corrected chi connectivity index (χ2v) is 4.50. The predicted molar refractivity (Wildman–Crippen MR) is 78.5 cm³/mol. The van der Waals surface area contributed by atoms with Crippen LogP contribution in [-0.4, -0.2) is 26.7 Å². The number of carbonyl (C=O) groups excluding carboxylic acids is 1. The molecular formula is C16H19NO4. The van der Waals surface area contributed by atoms with E-state index in [0.717, 1.165) is 24.3 Å². The van der Waals surface area contributed by atoms with Gasteiger partial charge < -0.3 is 19.2 Å². The molecule has 1 N–H and O–H groups in total. The summed E-state index contributed by atoms with van der Waals surface area (Å²) < 4.78 is 15.3. The molecule has 21 heavy (non-hydrogen) atoms. The molecule has 0 aliphatic heterocycles. The lowest BCUT2D eigenvalue weighted by molar-refractivity contribution is 0.0563. The van der Waals surface area contributed by atoms with Crippen LogP contribution in [0.3, 0.4) is 0 Å². The molecule has 0 aliphatic carbocycles. The predicted octanol–water partition coefficient (Wildman–Crippen LogP) is 2.41. The van der Waals surface area contributed by atoms with Gasteiger partial charge in [0.1, 0.15) is 11.5 Å². The number of esters is 1. The zero-order valence-electron chi connectivity index (χ0n) is 12.2. The van der Waals surface area contributed by atoms with E-state index in [0.29, 0.717) is 12.3 Å². The van der Waals surface area contributed by atoms with Gasteiger partial charge in [-0.1, -0.05) is 18.2 Å². The molecule has 0 unspecified atom stereocenters. The molecule has 0 spiro atoms. The fraction of sp³-hybridized carbons (Fsp3) is 0.312. The molecule has 5 nitrogen and oxygen atoms in total. The Morgan fingerprint density at radius 3 is 2.76 bits per heavy atom. The Bertz CT molecular complexity index is 591. The van der Waals surface area contributed by atoms with Crippen LogP contribution in [-0.2, 0) is 17.7 Å². The third kappa shape index (κ3) is 4.10. The molecule has 112 valence electrons. The molecule has 0 saturated carbocycles. The zero-order chi connectivity index (χ0) is 15.1.